The normalized spacial score (nSPS) is 14.7. The first-order chi connectivity index (χ1) is 8.83. The van der Waals surface area contributed by atoms with Crippen LogP contribution in [0.15, 0.2) is 0 Å². The first kappa shape index (κ1) is 19.1. The van der Waals surface area contributed by atoms with E-state index in [4.69, 9.17) is 23.2 Å². The highest BCUT2D eigenvalue weighted by atomic mass is 32.2. The zero-order valence-electron chi connectivity index (χ0n) is 11.2. The Morgan fingerprint density at radius 1 is 1.32 bits per heavy atom. The van der Waals surface area contributed by atoms with Gasteiger partial charge in [-0.1, -0.05) is 19.1 Å². The van der Waals surface area contributed by atoms with E-state index in [2.05, 4.69) is 0 Å². The molecule has 1 atom stereocenters. The summed E-state index contributed by atoms with van der Waals surface area (Å²) in [6.45, 7) is 3.39. The van der Waals surface area contributed by atoms with Gasteiger partial charge in [-0.05, 0) is 32.1 Å². The zero-order valence-corrected chi connectivity index (χ0v) is 13.7. The summed E-state index contributed by atoms with van der Waals surface area (Å²) in [7, 11) is 0. The van der Waals surface area contributed by atoms with Gasteiger partial charge >= 0.3 is 0 Å². The fourth-order valence-corrected chi connectivity index (χ4v) is 3.60. The number of hydrogen-bond donors (Lipinski definition) is 1. The lowest BCUT2D eigenvalue weighted by molar-refractivity contribution is -0.0900. The van der Waals surface area contributed by atoms with Crippen LogP contribution >= 0.6 is 35.7 Å². The monoisotopic (exact) mass is 326 g/mol. The molecule has 2 N–H and O–H groups in total. The number of hydrogen-bond acceptors (Lipinski definition) is 5. The molecule has 0 aliphatic heterocycles. The lowest BCUT2D eigenvalue weighted by Gasteiger charge is -2.31. The maximum Gasteiger partial charge on any atom is 0.267 e. The first-order valence-electron chi connectivity index (χ1n) is 6.11. The summed E-state index contributed by atoms with van der Waals surface area (Å²) in [5, 5.41) is 8.95. The lowest BCUT2D eigenvalue weighted by Crippen LogP contribution is -2.40. The molecule has 0 aliphatic carbocycles. The highest BCUT2D eigenvalue weighted by molar-refractivity contribution is 8.47. The molecule has 0 saturated heterocycles. The maximum atomic E-state index is 14.0. The van der Waals surface area contributed by atoms with Crippen molar-refractivity contribution in [1.82, 2.24) is 0 Å². The van der Waals surface area contributed by atoms with E-state index in [-0.39, 0.29) is 25.1 Å². The summed E-state index contributed by atoms with van der Waals surface area (Å²) in [5.41, 5.74) is 3.61. The largest absolute Gasteiger partial charge is 0.330 e. The molecule has 0 fully saturated rings. The predicted octanol–water partition coefficient (Wildman–Crippen LogP) is 4.05. The molecule has 110 valence electrons. The number of nitrogens with zero attached hydrogens (tertiary/aromatic N) is 1. The number of thioether (sulfide) groups is 2. The van der Waals surface area contributed by atoms with Crippen molar-refractivity contribution < 1.29 is 8.78 Å². The topological polar surface area (TPSA) is 49.8 Å². The van der Waals surface area contributed by atoms with Gasteiger partial charge in [0.2, 0.25) is 0 Å². The molecule has 0 bridgehead atoms. The molecule has 7 heteroatoms. The number of nitrogens with two attached hydrogens (primary N) is 1. The summed E-state index contributed by atoms with van der Waals surface area (Å²) in [4.78, 5) is 0. The highest BCUT2D eigenvalue weighted by Gasteiger charge is 2.49. The Morgan fingerprint density at radius 3 is 2.37 bits per heavy atom. The van der Waals surface area contributed by atoms with Crippen LogP contribution in [0.5, 0.6) is 0 Å². The van der Waals surface area contributed by atoms with Crippen molar-refractivity contribution >= 4 is 39.3 Å². The second-order valence-electron chi connectivity index (χ2n) is 4.38. The summed E-state index contributed by atoms with van der Waals surface area (Å²) >= 11 is 7.85. The molecule has 0 saturated carbocycles. The van der Waals surface area contributed by atoms with Crippen molar-refractivity contribution in [3.63, 3.8) is 0 Å². The minimum atomic E-state index is -3.04. The van der Waals surface area contributed by atoms with E-state index < -0.39 is 11.3 Å². The van der Waals surface area contributed by atoms with Crippen molar-refractivity contribution in [2.24, 2.45) is 11.1 Å². The standard InChI is InChI=1S/C12H20F2N2S3/c1-3-7-18-10(17)19-8-5-12(13,14)11(2,9-16)4-6-15/h3-8,15H2,1-2H3. The lowest BCUT2D eigenvalue weighted by atomic mass is 9.80. The minimum absolute atomic E-state index is 0.00377. The van der Waals surface area contributed by atoms with E-state index in [1.807, 2.05) is 6.92 Å². The zero-order chi connectivity index (χ0) is 14.9. The molecule has 0 aromatic carbocycles. The predicted molar refractivity (Wildman–Crippen MR) is 84.8 cm³/mol. The molecular formula is C12H20F2N2S3. The van der Waals surface area contributed by atoms with Gasteiger partial charge in [-0.15, -0.1) is 23.5 Å². The van der Waals surface area contributed by atoms with Gasteiger partial charge in [0.05, 0.1) is 6.07 Å². The van der Waals surface area contributed by atoms with Crippen LogP contribution in [0.1, 0.15) is 33.1 Å². The van der Waals surface area contributed by atoms with E-state index in [0.29, 0.717) is 3.53 Å². The summed E-state index contributed by atoms with van der Waals surface area (Å²) in [6, 6.07) is 1.71. The maximum absolute atomic E-state index is 14.0. The second kappa shape index (κ2) is 9.11. The van der Waals surface area contributed by atoms with Gasteiger partial charge in [0.25, 0.3) is 5.92 Å². The number of alkyl halides is 2. The number of thiocarbonyl (C=S) groups is 1. The highest BCUT2D eigenvalue weighted by Crippen LogP contribution is 2.42. The van der Waals surface area contributed by atoms with Crippen molar-refractivity contribution in [2.45, 2.75) is 39.0 Å². The Bertz CT molecular complexity index is 331. The Balaban J connectivity index is 4.30. The van der Waals surface area contributed by atoms with Crippen LogP contribution in [0, 0.1) is 16.7 Å². The van der Waals surface area contributed by atoms with Crippen molar-refractivity contribution in [2.75, 3.05) is 18.1 Å². The minimum Gasteiger partial charge on any atom is -0.330 e. The third-order valence-electron chi connectivity index (χ3n) is 2.76. The van der Waals surface area contributed by atoms with Crippen LogP contribution in [-0.4, -0.2) is 27.5 Å². The molecule has 1 unspecified atom stereocenters. The van der Waals surface area contributed by atoms with Gasteiger partial charge in [-0.2, -0.15) is 5.26 Å². The third kappa shape index (κ3) is 6.39. The van der Waals surface area contributed by atoms with Gasteiger partial charge in [-0.25, -0.2) is 8.78 Å². The number of halogens is 2. The van der Waals surface area contributed by atoms with Crippen LogP contribution in [0.4, 0.5) is 8.78 Å². The molecule has 0 aromatic rings. The number of rotatable bonds is 8. The fraction of sp³-hybridized carbons (Fsp3) is 0.833. The Kier molecular flexibility index (Phi) is 9.16. The third-order valence-corrected chi connectivity index (χ3v) is 5.66. The van der Waals surface area contributed by atoms with Crippen LogP contribution in [0.3, 0.4) is 0 Å². The van der Waals surface area contributed by atoms with Gasteiger partial charge in [0.1, 0.15) is 8.94 Å². The van der Waals surface area contributed by atoms with E-state index in [0.717, 1.165) is 12.2 Å². The van der Waals surface area contributed by atoms with Crippen LogP contribution in [0.2, 0.25) is 0 Å². The average molecular weight is 327 g/mol. The van der Waals surface area contributed by atoms with Crippen LogP contribution in [0.25, 0.3) is 0 Å². The van der Waals surface area contributed by atoms with Crippen molar-refractivity contribution in [3.05, 3.63) is 0 Å². The van der Waals surface area contributed by atoms with Gasteiger partial charge in [0.15, 0.2) is 0 Å². The van der Waals surface area contributed by atoms with Crippen molar-refractivity contribution in [3.8, 4) is 6.07 Å². The van der Waals surface area contributed by atoms with E-state index in [1.165, 1.54) is 30.4 Å². The van der Waals surface area contributed by atoms with Gasteiger partial charge in [-0.3, -0.25) is 0 Å². The summed E-state index contributed by atoms with van der Waals surface area (Å²) in [6.07, 6.45) is 0.648. The smallest absolute Gasteiger partial charge is 0.267 e. The summed E-state index contributed by atoms with van der Waals surface area (Å²) in [5.74, 6) is -1.91. The SMILES string of the molecule is CCCSC(=S)SCCC(F)(F)C(C)(C#N)CCN. The summed E-state index contributed by atoms with van der Waals surface area (Å²) < 4.78 is 28.7. The Hall–Kier alpha value is 0.1000. The van der Waals surface area contributed by atoms with Gasteiger partial charge < -0.3 is 5.73 Å². The van der Waals surface area contributed by atoms with E-state index in [1.54, 1.807) is 6.07 Å². The Morgan fingerprint density at radius 2 is 1.89 bits per heavy atom. The molecule has 0 aliphatic rings. The van der Waals surface area contributed by atoms with Gasteiger partial charge in [0, 0.05) is 12.2 Å². The molecular weight excluding hydrogens is 306 g/mol. The van der Waals surface area contributed by atoms with Crippen molar-refractivity contribution in [1.29, 1.82) is 5.26 Å². The molecule has 0 amide bonds. The molecule has 0 radical (unpaired) electrons. The first-order valence-corrected chi connectivity index (χ1v) is 8.49. The Labute approximate surface area is 127 Å². The number of nitriles is 1. The molecule has 19 heavy (non-hydrogen) atoms. The fourth-order valence-electron chi connectivity index (χ4n) is 1.37. The van der Waals surface area contributed by atoms with Crippen LogP contribution < -0.4 is 5.73 Å². The molecule has 0 heterocycles. The van der Waals surface area contributed by atoms with E-state index >= 15 is 0 Å². The molecule has 0 rings (SSSR count). The molecule has 0 spiro atoms. The average Bonchev–Trinajstić information content (AvgIpc) is 2.36. The molecule has 2 nitrogen and oxygen atoms in total. The van der Waals surface area contributed by atoms with E-state index in [9.17, 15) is 8.78 Å². The van der Waals surface area contributed by atoms with Crippen LogP contribution in [-0.2, 0) is 0 Å². The quantitative estimate of drug-likeness (QED) is 0.682. The second-order valence-corrected chi connectivity index (χ2v) is 7.78. The molecule has 0 aromatic heterocycles.